The van der Waals surface area contributed by atoms with Gasteiger partial charge in [0.05, 0.1) is 18.9 Å². The maximum Gasteiger partial charge on any atom is 0.225 e. The Balaban J connectivity index is 1.38. The molecular formula is C21H28N4O2. The van der Waals surface area contributed by atoms with Gasteiger partial charge in [0.2, 0.25) is 5.91 Å². The Kier molecular flexibility index (Phi) is 5.55. The monoisotopic (exact) mass is 368 g/mol. The lowest BCUT2D eigenvalue weighted by molar-refractivity contribution is -0.141. The fourth-order valence-electron chi connectivity index (χ4n) is 4.10. The number of likely N-dealkylation sites (tertiary alicyclic amines) is 1. The number of nitrogens with zero attached hydrogens (tertiary/aromatic N) is 4. The highest BCUT2D eigenvalue weighted by atomic mass is 16.5. The molecule has 0 N–H and O–H groups in total. The van der Waals surface area contributed by atoms with Crippen molar-refractivity contribution in [2.75, 3.05) is 39.4 Å². The van der Waals surface area contributed by atoms with Gasteiger partial charge in [-0.15, -0.1) is 0 Å². The largest absolute Gasteiger partial charge is 0.378 e. The van der Waals surface area contributed by atoms with Crippen molar-refractivity contribution in [1.29, 1.82) is 0 Å². The average molecular weight is 368 g/mol. The molecule has 2 fully saturated rings. The molecule has 0 saturated carbocycles. The first-order valence-electron chi connectivity index (χ1n) is 9.89. The summed E-state index contributed by atoms with van der Waals surface area (Å²) in [5.74, 6) is 0.494. The van der Waals surface area contributed by atoms with Gasteiger partial charge in [-0.2, -0.15) is 5.10 Å². The number of amides is 1. The average Bonchev–Trinajstić information content (AvgIpc) is 3.23. The third-order valence-corrected chi connectivity index (χ3v) is 5.64. The number of hydrogen-bond donors (Lipinski definition) is 0. The van der Waals surface area contributed by atoms with Crippen molar-refractivity contribution < 1.29 is 9.53 Å². The van der Waals surface area contributed by atoms with Gasteiger partial charge in [-0.1, -0.05) is 17.7 Å². The van der Waals surface area contributed by atoms with E-state index in [1.54, 1.807) is 0 Å². The van der Waals surface area contributed by atoms with Crippen LogP contribution in [0.5, 0.6) is 0 Å². The lowest BCUT2D eigenvalue weighted by Crippen LogP contribution is -2.46. The lowest BCUT2D eigenvalue weighted by atomic mass is 9.94. The summed E-state index contributed by atoms with van der Waals surface area (Å²) in [7, 11) is 0. The summed E-state index contributed by atoms with van der Waals surface area (Å²) in [6.45, 7) is 7.80. The van der Waals surface area contributed by atoms with Gasteiger partial charge in [0.1, 0.15) is 0 Å². The zero-order valence-electron chi connectivity index (χ0n) is 16.0. The molecule has 2 aliphatic heterocycles. The normalized spacial score (nSPS) is 19.4. The third kappa shape index (κ3) is 4.22. The van der Waals surface area contributed by atoms with Crippen molar-refractivity contribution in [3.8, 4) is 5.69 Å². The van der Waals surface area contributed by atoms with E-state index >= 15 is 0 Å². The molecule has 2 aliphatic rings. The molecule has 144 valence electrons. The van der Waals surface area contributed by atoms with Gasteiger partial charge in [0, 0.05) is 37.9 Å². The minimum absolute atomic E-state index is 0.169. The first-order valence-corrected chi connectivity index (χ1v) is 9.89. The highest BCUT2D eigenvalue weighted by Gasteiger charge is 2.29. The Morgan fingerprint density at radius 1 is 1.19 bits per heavy atom. The molecule has 1 aromatic carbocycles. The minimum Gasteiger partial charge on any atom is -0.378 e. The first kappa shape index (κ1) is 18.2. The van der Waals surface area contributed by atoms with Gasteiger partial charge in [-0.25, -0.2) is 4.68 Å². The Morgan fingerprint density at radius 2 is 1.96 bits per heavy atom. The standard InChI is InChI=1S/C21H28N4O2/c1-17-3-4-20(25-8-2-7-22-25)19(15-17)16-23-9-5-18(6-10-23)21(26)24-11-13-27-14-12-24/h2-4,7-8,15,18H,5-6,9-14,16H2,1H3. The van der Waals surface area contributed by atoms with Crippen LogP contribution in [-0.2, 0) is 16.1 Å². The second-order valence-electron chi connectivity index (χ2n) is 7.57. The topological polar surface area (TPSA) is 50.6 Å². The Hall–Kier alpha value is -2.18. The van der Waals surface area contributed by atoms with E-state index in [4.69, 9.17) is 4.74 Å². The maximum atomic E-state index is 12.7. The van der Waals surface area contributed by atoms with Crippen LogP contribution in [0.3, 0.4) is 0 Å². The molecule has 0 spiro atoms. The molecule has 2 aromatic rings. The Bertz CT molecular complexity index is 760. The van der Waals surface area contributed by atoms with Crippen LogP contribution in [0.25, 0.3) is 5.69 Å². The summed E-state index contributed by atoms with van der Waals surface area (Å²) in [5.41, 5.74) is 3.69. The summed E-state index contributed by atoms with van der Waals surface area (Å²) < 4.78 is 7.30. The molecule has 1 amide bonds. The first-order chi connectivity index (χ1) is 13.2. The van der Waals surface area contributed by atoms with Crippen molar-refractivity contribution >= 4 is 5.91 Å². The second kappa shape index (κ2) is 8.23. The molecule has 27 heavy (non-hydrogen) atoms. The molecule has 6 nitrogen and oxygen atoms in total. The fraction of sp³-hybridized carbons (Fsp3) is 0.524. The lowest BCUT2D eigenvalue weighted by Gasteiger charge is -2.35. The second-order valence-corrected chi connectivity index (χ2v) is 7.57. The van der Waals surface area contributed by atoms with Crippen LogP contribution in [0.4, 0.5) is 0 Å². The van der Waals surface area contributed by atoms with Gasteiger partial charge in [-0.3, -0.25) is 9.69 Å². The van der Waals surface area contributed by atoms with Gasteiger partial charge < -0.3 is 9.64 Å². The molecular weight excluding hydrogens is 340 g/mol. The van der Waals surface area contributed by atoms with Crippen LogP contribution in [0.2, 0.25) is 0 Å². The molecule has 1 aromatic heterocycles. The number of carbonyl (C=O) groups is 1. The van der Waals surface area contributed by atoms with E-state index in [9.17, 15) is 4.79 Å². The smallest absolute Gasteiger partial charge is 0.225 e. The van der Waals surface area contributed by atoms with Crippen molar-refractivity contribution in [1.82, 2.24) is 19.6 Å². The van der Waals surface area contributed by atoms with Crippen LogP contribution in [0.1, 0.15) is 24.0 Å². The number of benzene rings is 1. The van der Waals surface area contributed by atoms with Gasteiger partial charge >= 0.3 is 0 Å². The van der Waals surface area contributed by atoms with E-state index < -0.39 is 0 Å². The van der Waals surface area contributed by atoms with E-state index in [2.05, 4.69) is 35.1 Å². The zero-order valence-corrected chi connectivity index (χ0v) is 16.0. The van der Waals surface area contributed by atoms with Crippen molar-refractivity contribution in [3.63, 3.8) is 0 Å². The van der Waals surface area contributed by atoms with Crippen LogP contribution in [0, 0.1) is 12.8 Å². The molecule has 2 saturated heterocycles. The molecule has 0 aliphatic carbocycles. The van der Waals surface area contributed by atoms with Gasteiger partial charge in [-0.05, 0) is 50.6 Å². The number of morpholine rings is 1. The van der Waals surface area contributed by atoms with Crippen LogP contribution < -0.4 is 0 Å². The van der Waals surface area contributed by atoms with E-state index in [-0.39, 0.29) is 5.92 Å². The quantitative estimate of drug-likeness (QED) is 0.831. The molecule has 4 rings (SSSR count). The summed E-state index contributed by atoms with van der Waals surface area (Å²) in [5, 5.41) is 4.39. The van der Waals surface area contributed by atoms with Crippen molar-refractivity contribution in [2.24, 2.45) is 5.92 Å². The summed E-state index contributed by atoms with van der Waals surface area (Å²) >= 11 is 0. The number of ether oxygens (including phenoxy) is 1. The highest BCUT2D eigenvalue weighted by molar-refractivity contribution is 5.79. The number of piperidine rings is 1. The number of aryl methyl sites for hydroxylation is 1. The number of aromatic nitrogens is 2. The Labute approximate surface area is 160 Å². The van der Waals surface area contributed by atoms with Crippen LogP contribution in [0.15, 0.2) is 36.7 Å². The summed E-state index contributed by atoms with van der Waals surface area (Å²) in [6.07, 6.45) is 5.69. The number of rotatable bonds is 4. The molecule has 0 unspecified atom stereocenters. The molecule has 6 heteroatoms. The van der Waals surface area contributed by atoms with Crippen LogP contribution >= 0.6 is 0 Å². The van der Waals surface area contributed by atoms with E-state index in [0.717, 1.165) is 51.3 Å². The van der Waals surface area contributed by atoms with Crippen molar-refractivity contribution in [3.05, 3.63) is 47.8 Å². The van der Waals surface area contributed by atoms with E-state index in [0.29, 0.717) is 19.1 Å². The SMILES string of the molecule is Cc1ccc(-n2cccn2)c(CN2CCC(C(=O)N3CCOCC3)CC2)c1. The third-order valence-electron chi connectivity index (χ3n) is 5.64. The molecule has 3 heterocycles. The zero-order chi connectivity index (χ0) is 18.6. The fourth-order valence-corrected chi connectivity index (χ4v) is 4.10. The molecule has 0 radical (unpaired) electrons. The summed E-state index contributed by atoms with van der Waals surface area (Å²) in [4.78, 5) is 17.2. The highest BCUT2D eigenvalue weighted by Crippen LogP contribution is 2.24. The predicted octanol–water partition coefficient (Wildman–Crippen LogP) is 2.25. The summed E-state index contributed by atoms with van der Waals surface area (Å²) in [6, 6.07) is 8.48. The van der Waals surface area contributed by atoms with Crippen molar-refractivity contribution in [2.45, 2.75) is 26.3 Å². The maximum absolute atomic E-state index is 12.7. The van der Waals surface area contributed by atoms with Gasteiger partial charge in [0.15, 0.2) is 0 Å². The molecule has 0 bridgehead atoms. The minimum atomic E-state index is 0.169. The van der Waals surface area contributed by atoms with E-state index in [1.807, 2.05) is 28.0 Å². The Morgan fingerprint density at radius 3 is 2.67 bits per heavy atom. The van der Waals surface area contributed by atoms with E-state index in [1.165, 1.54) is 11.1 Å². The van der Waals surface area contributed by atoms with Gasteiger partial charge in [0.25, 0.3) is 0 Å². The number of carbonyl (C=O) groups excluding carboxylic acids is 1. The van der Waals surface area contributed by atoms with Crippen LogP contribution in [-0.4, -0.2) is 64.9 Å². The number of hydrogen-bond acceptors (Lipinski definition) is 4. The molecule has 0 atom stereocenters. The predicted molar refractivity (Wildman–Crippen MR) is 104 cm³/mol.